The van der Waals surface area contributed by atoms with E-state index in [4.69, 9.17) is 9.84 Å². The molecule has 0 bridgehead atoms. The maximum Gasteiger partial charge on any atom is 0.326 e. The van der Waals surface area contributed by atoms with Gasteiger partial charge in [0.2, 0.25) is 0 Å². The van der Waals surface area contributed by atoms with E-state index in [-0.39, 0.29) is 6.10 Å². The van der Waals surface area contributed by atoms with Crippen LogP contribution in [0.2, 0.25) is 0 Å². The summed E-state index contributed by atoms with van der Waals surface area (Å²) >= 11 is 0. The number of carboxylic acid groups (broad SMARTS) is 1. The van der Waals surface area contributed by atoms with Gasteiger partial charge < -0.3 is 20.5 Å². The van der Waals surface area contributed by atoms with Gasteiger partial charge in [-0.3, -0.25) is 0 Å². The van der Waals surface area contributed by atoms with E-state index in [1.54, 1.807) is 6.92 Å². The third-order valence-corrected chi connectivity index (χ3v) is 2.32. The Balaban J connectivity index is 3.56. The van der Waals surface area contributed by atoms with Crippen LogP contribution in [-0.4, -0.2) is 42.4 Å². The molecule has 0 aliphatic rings. The second-order valence-corrected chi connectivity index (χ2v) is 4.33. The molecule has 0 saturated heterocycles. The topological polar surface area (TPSA) is 87.7 Å². The predicted octanol–water partition coefficient (Wildman–Crippen LogP) is 1.35. The monoisotopic (exact) mass is 260 g/mol. The van der Waals surface area contributed by atoms with Crippen molar-refractivity contribution >= 4 is 12.0 Å². The maximum absolute atomic E-state index is 11.3. The quantitative estimate of drug-likeness (QED) is 0.546. The zero-order valence-electron chi connectivity index (χ0n) is 11.4. The first-order valence-corrected chi connectivity index (χ1v) is 6.36. The highest BCUT2D eigenvalue weighted by molar-refractivity contribution is 5.82. The molecule has 0 saturated carbocycles. The average molecular weight is 260 g/mol. The van der Waals surface area contributed by atoms with Crippen LogP contribution in [-0.2, 0) is 9.53 Å². The Kier molecular flexibility index (Phi) is 9.00. The Bertz CT molecular complexity index is 256. The van der Waals surface area contributed by atoms with E-state index in [9.17, 15) is 9.59 Å². The summed E-state index contributed by atoms with van der Waals surface area (Å²) in [4.78, 5) is 22.0. The summed E-state index contributed by atoms with van der Waals surface area (Å²) in [6, 6.07) is -1.26. The molecule has 0 unspecified atom stereocenters. The summed E-state index contributed by atoms with van der Waals surface area (Å²) < 4.78 is 5.36. The van der Waals surface area contributed by atoms with Crippen molar-refractivity contribution in [2.24, 2.45) is 0 Å². The van der Waals surface area contributed by atoms with Crippen LogP contribution in [0.4, 0.5) is 4.79 Å². The van der Waals surface area contributed by atoms with Crippen LogP contribution in [0.3, 0.4) is 0 Å². The fourth-order valence-electron chi connectivity index (χ4n) is 1.30. The van der Waals surface area contributed by atoms with Crippen LogP contribution >= 0.6 is 0 Å². The Hall–Kier alpha value is -1.30. The number of carbonyl (C=O) groups excluding carboxylic acids is 1. The van der Waals surface area contributed by atoms with E-state index >= 15 is 0 Å². The van der Waals surface area contributed by atoms with Gasteiger partial charge in [-0.05, 0) is 33.1 Å². The lowest BCUT2D eigenvalue weighted by Crippen LogP contribution is -2.45. The lowest BCUT2D eigenvalue weighted by molar-refractivity contribution is -0.139. The van der Waals surface area contributed by atoms with Gasteiger partial charge in [0.1, 0.15) is 6.04 Å². The number of aliphatic carboxylic acids is 1. The normalized spacial score (nSPS) is 12.2. The van der Waals surface area contributed by atoms with Crippen molar-refractivity contribution in [1.29, 1.82) is 0 Å². The summed E-state index contributed by atoms with van der Waals surface area (Å²) in [5.41, 5.74) is 0. The number of unbranched alkanes of at least 4 members (excludes halogenated alkanes) is 1. The average Bonchev–Trinajstić information content (AvgIpc) is 2.29. The molecule has 0 aromatic carbocycles. The Morgan fingerprint density at radius 2 is 1.94 bits per heavy atom. The van der Waals surface area contributed by atoms with Gasteiger partial charge in [0.05, 0.1) is 6.10 Å². The van der Waals surface area contributed by atoms with Gasteiger partial charge >= 0.3 is 12.0 Å². The highest BCUT2D eigenvalue weighted by Gasteiger charge is 2.16. The fraction of sp³-hybridized carbons (Fsp3) is 0.833. The van der Waals surface area contributed by atoms with Crippen LogP contribution in [0, 0.1) is 0 Å². The van der Waals surface area contributed by atoms with Gasteiger partial charge in [0.25, 0.3) is 0 Å². The molecule has 1 atom stereocenters. The lowest BCUT2D eigenvalue weighted by Gasteiger charge is -2.13. The molecule has 0 fully saturated rings. The first-order valence-electron chi connectivity index (χ1n) is 6.36. The second-order valence-electron chi connectivity index (χ2n) is 4.33. The van der Waals surface area contributed by atoms with Gasteiger partial charge in [-0.1, -0.05) is 6.92 Å². The SMILES string of the molecule is CC[C@@H](NC(=O)NCCCCOC(C)C)C(=O)O. The molecule has 0 spiro atoms. The molecule has 6 nitrogen and oxygen atoms in total. The number of ether oxygens (including phenoxy) is 1. The first-order chi connectivity index (χ1) is 8.47. The first kappa shape index (κ1) is 16.7. The van der Waals surface area contributed by atoms with Crippen molar-refractivity contribution in [2.75, 3.05) is 13.2 Å². The molecular formula is C12H24N2O4. The van der Waals surface area contributed by atoms with E-state index in [0.717, 1.165) is 12.8 Å². The van der Waals surface area contributed by atoms with E-state index in [1.807, 2.05) is 13.8 Å². The van der Waals surface area contributed by atoms with Crippen LogP contribution in [0.15, 0.2) is 0 Å². The van der Waals surface area contributed by atoms with Gasteiger partial charge in [-0.2, -0.15) is 0 Å². The lowest BCUT2D eigenvalue weighted by atomic mass is 10.2. The molecule has 106 valence electrons. The van der Waals surface area contributed by atoms with E-state index in [2.05, 4.69) is 10.6 Å². The molecule has 18 heavy (non-hydrogen) atoms. The number of amides is 2. The summed E-state index contributed by atoms with van der Waals surface area (Å²) in [5, 5.41) is 13.8. The van der Waals surface area contributed by atoms with Gasteiger partial charge in [0, 0.05) is 13.2 Å². The number of hydrogen-bond donors (Lipinski definition) is 3. The minimum atomic E-state index is -1.02. The Morgan fingerprint density at radius 3 is 2.44 bits per heavy atom. The molecule has 0 aliphatic heterocycles. The smallest absolute Gasteiger partial charge is 0.326 e. The minimum Gasteiger partial charge on any atom is -0.480 e. The van der Waals surface area contributed by atoms with Crippen molar-refractivity contribution in [1.82, 2.24) is 10.6 Å². The maximum atomic E-state index is 11.3. The minimum absolute atomic E-state index is 0.224. The molecule has 3 N–H and O–H groups in total. The largest absolute Gasteiger partial charge is 0.480 e. The number of rotatable bonds is 9. The molecule has 0 aliphatic carbocycles. The molecule has 0 radical (unpaired) electrons. The van der Waals surface area contributed by atoms with E-state index < -0.39 is 18.0 Å². The van der Waals surface area contributed by atoms with Crippen molar-refractivity contribution in [2.45, 2.75) is 52.2 Å². The molecule has 0 rings (SSSR count). The predicted molar refractivity (Wildman–Crippen MR) is 68.6 cm³/mol. The number of carbonyl (C=O) groups is 2. The van der Waals surface area contributed by atoms with E-state index in [0.29, 0.717) is 19.6 Å². The van der Waals surface area contributed by atoms with Crippen molar-refractivity contribution in [3.05, 3.63) is 0 Å². The molecule has 0 heterocycles. The molecular weight excluding hydrogens is 236 g/mol. The summed E-state index contributed by atoms with van der Waals surface area (Å²) in [7, 11) is 0. The Morgan fingerprint density at radius 1 is 1.28 bits per heavy atom. The fourth-order valence-corrected chi connectivity index (χ4v) is 1.30. The van der Waals surface area contributed by atoms with Crippen LogP contribution < -0.4 is 10.6 Å². The Labute approximate surface area is 108 Å². The van der Waals surface area contributed by atoms with Gasteiger partial charge in [0.15, 0.2) is 0 Å². The van der Waals surface area contributed by atoms with Crippen LogP contribution in [0.25, 0.3) is 0 Å². The zero-order valence-corrected chi connectivity index (χ0v) is 11.4. The third kappa shape index (κ3) is 8.81. The summed E-state index contributed by atoms with van der Waals surface area (Å²) in [6.07, 6.45) is 2.27. The number of hydrogen-bond acceptors (Lipinski definition) is 3. The van der Waals surface area contributed by atoms with Crippen LogP contribution in [0.5, 0.6) is 0 Å². The highest BCUT2D eigenvalue weighted by atomic mass is 16.5. The molecule has 0 aromatic rings. The number of carboxylic acids is 1. The van der Waals surface area contributed by atoms with Crippen molar-refractivity contribution in [3.8, 4) is 0 Å². The number of urea groups is 1. The highest BCUT2D eigenvalue weighted by Crippen LogP contribution is 1.94. The van der Waals surface area contributed by atoms with E-state index in [1.165, 1.54) is 0 Å². The summed E-state index contributed by atoms with van der Waals surface area (Å²) in [6.45, 7) is 6.85. The van der Waals surface area contributed by atoms with Crippen molar-refractivity contribution < 1.29 is 19.4 Å². The van der Waals surface area contributed by atoms with Gasteiger partial charge in [-0.15, -0.1) is 0 Å². The number of nitrogens with one attached hydrogen (secondary N) is 2. The zero-order chi connectivity index (χ0) is 14.0. The van der Waals surface area contributed by atoms with Gasteiger partial charge in [-0.25, -0.2) is 9.59 Å². The molecule has 0 aromatic heterocycles. The second kappa shape index (κ2) is 9.70. The molecule has 2 amide bonds. The third-order valence-electron chi connectivity index (χ3n) is 2.32. The van der Waals surface area contributed by atoms with Crippen LogP contribution in [0.1, 0.15) is 40.0 Å². The summed E-state index contributed by atoms with van der Waals surface area (Å²) in [5.74, 6) is -1.02. The van der Waals surface area contributed by atoms with Crippen molar-refractivity contribution in [3.63, 3.8) is 0 Å². The molecule has 6 heteroatoms. The standard InChI is InChI=1S/C12H24N2O4/c1-4-10(11(15)16)14-12(17)13-7-5-6-8-18-9(2)3/h9-10H,4-8H2,1-3H3,(H,15,16)(H2,13,14,17)/t10-/m1/s1.